The fourth-order valence-corrected chi connectivity index (χ4v) is 3.13. The van der Waals surface area contributed by atoms with E-state index in [0.717, 1.165) is 24.0 Å². The maximum atomic E-state index is 9.91. The van der Waals surface area contributed by atoms with Gasteiger partial charge in [-0.15, -0.1) is 0 Å². The van der Waals surface area contributed by atoms with Crippen LogP contribution in [0.1, 0.15) is 55.9 Å². The number of benzene rings is 2. The molecular formula is C20H26O2. The molecule has 0 heterocycles. The molecule has 2 heteroatoms. The SMILES string of the molecule is CCc1cc(C(c2ccc(O)c(CC)c2)C(C)C)ccc1O. The first-order valence-electron chi connectivity index (χ1n) is 8.11. The molecule has 2 nitrogen and oxygen atoms in total. The lowest BCUT2D eigenvalue weighted by molar-refractivity contribution is 0.466. The van der Waals surface area contributed by atoms with Gasteiger partial charge >= 0.3 is 0 Å². The molecule has 0 aromatic heterocycles. The molecular weight excluding hydrogens is 272 g/mol. The normalized spacial score (nSPS) is 11.4. The summed E-state index contributed by atoms with van der Waals surface area (Å²) < 4.78 is 0. The topological polar surface area (TPSA) is 40.5 Å². The van der Waals surface area contributed by atoms with Crippen LogP contribution in [0.25, 0.3) is 0 Å². The second-order valence-electron chi connectivity index (χ2n) is 6.21. The van der Waals surface area contributed by atoms with Crippen molar-refractivity contribution in [2.24, 2.45) is 5.92 Å². The highest BCUT2D eigenvalue weighted by molar-refractivity contribution is 5.44. The molecule has 22 heavy (non-hydrogen) atoms. The molecule has 0 fully saturated rings. The smallest absolute Gasteiger partial charge is 0.118 e. The number of hydrogen-bond acceptors (Lipinski definition) is 2. The summed E-state index contributed by atoms with van der Waals surface area (Å²) in [5, 5.41) is 19.8. The highest BCUT2D eigenvalue weighted by Crippen LogP contribution is 2.36. The average Bonchev–Trinajstić information content (AvgIpc) is 2.50. The molecule has 2 rings (SSSR count). The molecule has 2 aromatic rings. The van der Waals surface area contributed by atoms with Crippen LogP contribution in [0.3, 0.4) is 0 Å². The highest BCUT2D eigenvalue weighted by atomic mass is 16.3. The molecule has 2 aromatic carbocycles. The van der Waals surface area contributed by atoms with E-state index >= 15 is 0 Å². The van der Waals surface area contributed by atoms with Gasteiger partial charge in [-0.25, -0.2) is 0 Å². The summed E-state index contributed by atoms with van der Waals surface area (Å²) in [7, 11) is 0. The van der Waals surface area contributed by atoms with E-state index in [1.54, 1.807) is 12.1 Å². The maximum Gasteiger partial charge on any atom is 0.118 e. The summed E-state index contributed by atoms with van der Waals surface area (Å²) in [5.74, 6) is 1.43. The summed E-state index contributed by atoms with van der Waals surface area (Å²) in [4.78, 5) is 0. The Hall–Kier alpha value is -1.96. The lowest BCUT2D eigenvalue weighted by Gasteiger charge is -2.24. The zero-order valence-electron chi connectivity index (χ0n) is 13.9. The number of hydrogen-bond donors (Lipinski definition) is 2. The molecule has 0 radical (unpaired) electrons. The fourth-order valence-electron chi connectivity index (χ4n) is 3.13. The zero-order chi connectivity index (χ0) is 16.3. The van der Waals surface area contributed by atoms with Crippen molar-refractivity contribution in [3.05, 3.63) is 58.7 Å². The van der Waals surface area contributed by atoms with E-state index in [9.17, 15) is 10.2 Å². The molecule has 0 atom stereocenters. The van der Waals surface area contributed by atoms with Gasteiger partial charge in [-0.1, -0.05) is 52.0 Å². The van der Waals surface area contributed by atoms with Crippen molar-refractivity contribution in [1.29, 1.82) is 0 Å². The van der Waals surface area contributed by atoms with Gasteiger partial charge in [-0.05, 0) is 53.1 Å². The first-order chi connectivity index (χ1) is 10.5. The molecule has 0 aliphatic carbocycles. The van der Waals surface area contributed by atoms with Crippen LogP contribution in [0.15, 0.2) is 36.4 Å². The first kappa shape index (κ1) is 16.4. The summed E-state index contributed by atoms with van der Waals surface area (Å²) in [6, 6.07) is 11.8. The van der Waals surface area contributed by atoms with Gasteiger partial charge in [0.25, 0.3) is 0 Å². The van der Waals surface area contributed by atoms with Gasteiger partial charge in [0.15, 0.2) is 0 Å². The third-order valence-electron chi connectivity index (χ3n) is 4.35. The Morgan fingerprint density at radius 3 is 1.50 bits per heavy atom. The number of phenols is 2. The Kier molecular flexibility index (Phi) is 5.12. The molecule has 0 saturated heterocycles. The Morgan fingerprint density at radius 1 is 0.773 bits per heavy atom. The lowest BCUT2D eigenvalue weighted by Crippen LogP contribution is -2.09. The Labute approximate surface area is 133 Å². The van der Waals surface area contributed by atoms with Gasteiger partial charge in [0, 0.05) is 5.92 Å². The van der Waals surface area contributed by atoms with Crippen molar-refractivity contribution in [3.8, 4) is 11.5 Å². The zero-order valence-corrected chi connectivity index (χ0v) is 13.9. The van der Waals surface area contributed by atoms with E-state index in [1.165, 1.54) is 11.1 Å². The van der Waals surface area contributed by atoms with E-state index in [1.807, 2.05) is 12.1 Å². The van der Waals surface area contributed by atoms with Gasteiger partial charge in [0.1, 0.15) is 11.5 Å². The second-order valence-corrected chi connectivity index (χ2v) is 6.21. The van der Waals surface area contributed by atoms with E-state index < -0.39 is 0 Å². The third kappa shape index (κ3) is 3.27. The number of aryl methyl sites for hydroxylation is 2. The van der Waals surface area contributed by atoms with Crippen LogP contribution in [0.2, 0.25) is 0 Å². The van der Waals surface area contributed by atoms with Crippen molar-refractivity contribution >= 4 is 0 Å². The Morgan fingerprint density at radius 2 is 1.18 bits per heavy atom. The highest BCUT2D eigenvalue weighted by Gasteiger charge is 2.20. The molecule has 0 amide bonds. The fraction of sp³-hybridized carbons (Fsp3) is 0.400. The monoisotopic (exact) mass is 298 g/mol. The molecule has 0 saturated carbocycles. The number of aromatic hydroxyl groups is 2. The van der Waals surface area contributed by atoms with Crippen molar-refractivity contribution in [1.82, 2.24) is 0 Å². The van der Waals surface area contributed by atoms with Crippen LogP contribution in [0.4, 0.5) is 0 Å². The summed E-state index contributed by atoms with van der Waals surface area (Å²) in [5.41, 5.74) is 4.41. The van der Waals surface area contributed by atoms with Crippen LogP contribution in [0, 0.1) is 5.92 Å². The molecule has 2 N–H and O–H groups in total. The van der Waals surface area contributed by atoms with Gasteiger partial charge in [0.05, 0.1) is 0 Å². The van der Waals surface area contributed by atoms with Crippen LogP contribution >= 0.6 is 0 Å². The van der Waals surface area contributed by atoms with Crippen LogP contribution in [0.5, 0.6) is 11.5 Å². The standard InChI is InChI=1S/C20H26O2/c1-5-14-11-16(7-9-18(14)21)20(13(3)4)17-8-10-19(22)15(6-2)12-17/h7-13,20-22H,5-6H2,1-4H3. The van der Waals surface area contributed by atoms with E-state index in [2.05, 4.69) is 39.8 Å². The van der Waals surface area contributed by atoms with Crippen molar-refractivity contribution in [2.45, 2.75) is 46.5 Å². The molecule has 0 spiro atoms. The van der Waals surface area contributed by atoms with Crippen molar-refractivity contribution < 1.29 is 10.2 Å². The minimum Gasteiger partial charge on any atom is -0.508 e. The lowest BCUT2D eigenvalue weighted by atomic mass is 9.81. The van der Waals surface area contributed by atoms with Crippen molar-refractivity contribution in [2.75, 3.05) is 0 Å². The third-order valence-corrected chi connectivity index (χ3v) is 4.35. The van der Waals surface area contributed by atoms with Crippen LogP contribution in [-0.4, -0.2) is 10.2 Å². The van der Waals surface area contributed by atoms with Gasteiger partial charge in [0.2, 0.25) is 0 Å². The predicted octanol–water partition coefficient (Wildman–Crippen LogP) is 5.01. The molecule has 118 valence electrons. The Bertz CT molecular complexity index is 591. The van der Waals surface area contributed by atoms with Crippen LogP contribution in [-0.2, 0) is 12.8 Å². The van der Waals surface area contributed by atoms with Gasteiger partial charge in [-0.3, -0.25) is 0 Å². The average molecular weight is 298 g/mol. The summed E-state index contributed by atoms with van der Waals surface area (Å²) >= 11 is 0. The number of phenolic OH excluding ortho intramolecular Hbond substituents is 2. The van der Waals surface area contributed by atoms with Gasteiger partial charge < -0.3 is 10.2 Å². The van der Waals surface area contributed by atoms with Crippen LogP contribution < -0.4 is 0 Å². The molecule has 0 aliphatic rings. The minimum atomic E-state index is 0.261. The molecule has 0 bridgehead atoms. The van der Waals surface area contributed by atoms with E-state index in [0.29, 0.717) is 17.4 Å². The first-order valence-corrected chi connectivity index (χ1v) is 8.11. The summed E-state index contributed by atoms with van der Waals surface area (Å²) in [6.45, 7) is 8.53. The quantitative estimate of drug-likeness (QED) is 0.814. The summed E-state index contributed by atoms with van der Waals surface area (Å²) in [6.07, 6.45) is 1.64. The molecule has 0 unspecified atom stereocenters. The maximum absolute atomic E-state index is 9.91. The second kappa shape index (κ2) is 6.87. The molecule has 0 aliphatic heterocycles. The largest absolute Gasteiger partial charge is 0.508 e. The predicted molar refractivity (Wildman–Crippen MR) is 91.7 cm³/mol. The van der Waals surface area contributed by atoms with E-state index in [-0.39, 0.29) is 5.92 Å². The van der Waals surface area contributed by atoms with Gasteiger partial charge in [-0.2, -0.15) is 0 Å². The van der Waals surface area contributed by atoms with Crippen molar-refractivity contribution in [3.63, 3.8) is 0 Å². The van der Waals surface area contributed by atoms with E-state index in [4.69, 9.17) is 0 Å². The number of rotatable bonds is 5. The Balaban J connectivity index is 2.51. The minimum absolute atomic E-state index is 0.261.